The summed E-state index contributed by atoms with van der Waals surface area (Å²) in [5.74, 6) is -0.0332. The van der Waals surface area contributed by atoms with E-state index in [1.54, 1.807) is 13.0 Å². The summed E-state index contributed by atoms with van der Waals surface area (Å²) in [7, 11) is 0. The normalized spacial score (nSPS) is 17.3. The number of nitrogens with zero attached hydrogens (tertiary/aromatic N) is 1. The number of piperazine rings is 1. The van der Waals surface area contributed by atoms with Crippen LogP contribution in [0, 0.1) is 0 Å². The molecule has 1 heterocycles. The summed E-state index contributed by atoms with van der Waals surface area (Å²) in [6.45, 7) is 11.7. The number of rotatable bonds is 8. The minimum atomic E-state index is -0.382. The molecule has 0 aromatic rings. The number of ether oxygens (including phenoxy) is 1. The molecule has 0 aromatic carbocycles. The Bertz CT molecular complexity index is 258. The van der Waals surface area contributed by atoms with Crippen molar-refractivity contribution in [1.29, 1.82) is 0 Å². The van der Waals surface area contributed by atoms with E-state index in [4.69, 9.17) is 4.74 Å². The van der Waals surface area contributed by atoms with Crippen molar-refractivity contribution in [1.82, 2.24) is 15.5 Å². The first-order valence-corrected chi connectivity index (χ1v) is 6.67. The first kappa shape index (κ1) is 18.4. The molecule has 1 atom stereocenters. The van der Waals surface area contributed by atoms with Crippen LogP contribution in [0.2, 0.25) is 0 Å². The first-order valence-electron chi connectivity index (χ1n) is 6.67. The van der Waals surface area contributed by atoms with Crippen molar-refractivity contribution in [3.63, 3.8) is 0 Å². The third kappa shape index (κ3) is 8.21. The van der Waals surface area contributed by atoms with Crippen LogP contribution in [0.25, 0.3) is 0 Å². The van der Waals surface area contributed by atoms with Gasteiger partial charge < -0.3 is 15.4 Å². The van der Waals surface area contributed by atoms with Gasteiger partial charge in [0.05, 0.1) is 6.61 Å². The van der Waals surface area contributed by atoms with Crippen molar-refractivity contribution < 1.29 is 9.53 Å². The van der Waals surface area contributed by atoms with Crippen LogP contribution in [0.5, 0.6) is 0 Å². The largest absolute Gasteiger partial charge is 0.368 e. The molecule has 0 radical (unpaired) electrons. The lowest BCUT2D eigenvalue weighted by Gasteiger charge is -2.27. The van der Waals surface area contributed by atoms with E-state index < -0.39 is 0 Å². The second-order valence-corrected chi connectivity index (χ2v) is 4.47. The lowest BCUT2D eigenvalue weighted by atomic mass is 10.3. The van der Waals surface area contributed by atoms with E-state index in [1.807, 2.05) is 0 Å². The average molecular weight is 292 g/mol. The number of halogens is 1. The molecular weight excluding hydrogens is 266 g/mol. The molecular formula is C13H26ClN3O2. The smallest absolute Gasteiger partial charge is 0.248 e. The lowest BCUT2D eigenvalue weighted by Crippen LogP contribution is -2.47. The highest BCUT2D eigenvalue weighted by molar-refractivity contribution is 5.85. The van der Waals surface area contributed by atoms with Crippen LogP contribution >= 0.6 is 12.4 Å². The van der Waals surface area contributed by atoms with Crippen molar-refractivity contribution in [2.75, 3.05) is 45.9 Å². The van der Waals surface area contributed by atoms with Gasteiger partial charge in [-0.05, 0) is 13.3 Å². The molecule has 0 bridgehead atoms. The maximum absolute atomic E-state index is 11.7. The van der Waals surface area contributed by atoms with E-state index in [0.717, 1.165) is 39.1 Å². The average Bonchev–Trinajstić information content (AvgIpc) is 2.40. The fourth-order valence-electron chi connectivity index (χ4n) is 1.82. The van der Waals surface area contributed by atoms with Gasteiger partial charge in [-0.2, -0.15) is 0 Å². The summed E-state index contributed by atoms with van der Waals surface area (Å²) in [6.07, 6.45) is 2.18. The molecule has 6 heteroatoms. The molecule has 1 aliphatic rings. The molecule has 0 saturated carbocycles. The highest BCUT2D eigenvalue weighted by Crippen LogP contribution is 1.94. The Morgan fingerprint density at radius 2 is 2.21 bits per heavy atom. The Kier molecular flexibility index (Phi) is 10.9. The molecule has 1 rings (SSSR count). The SMILES string of the molecule is C=CCCOC(C)C(=O)NCCN1CCNCC1.Cl. The summed E-state index contributed by atoms with van der Waals surface area (Å²) in [5.41, 5.74) is 0. The summed E-state index contributed by atoms with van der Waals surface area (Å²) in [6, 6.07) is 0. The van der Waals surface area contributed by atoms with E-state index in [1.165, 1.54) is 0 Å². The minimum absolute atomic E-state index is 0. The standard InChI is InChI=1S/C13H25N3O2.ClH/c1-3-4-11-18-12(2)13(17)15-7-10-16-8-5-14-6-9-16;/h3,12,14H,1,4-11H2,2H3,(H,15,17);1H. The maximum Gasteiger partial charge on any atom is 0.248 e. The van der Waals surface area contributed by atoms with Gasteiger partial charge in [0.2, 0.25) is 5.91 Å². The van der Waals surface area contributed by atoms with Crippen LogP contribution in [0.4, 0.5) is 0 Å². The molecule has 5 nitrogen and oxygen atoms in total. The van der Waals surface area contributed by atoms with Crippen molar-refractivity contribution >= 4 is 18.3 Å². The van der Waals surface area contributed by atoms with Crippen LogP contribution in [0.15, 0.2) is 12.7 Å². The van der Waals surface area contributed by atoms with Gasteiger partial charge in [-0.15, -0.1) is 19.0 Å². The van der Waals surface area contributed by atoms with Crippen LogP contribution in [-0.2, 0) is 9.53 Å². The zero-order valence-electron chi connectivity index (χ0n) is 11.7. The molecule has 1 saturated heterocycles. The van der Waals surface area contributed by atoms with E-state index in [9.17, 15) is 4.79 Å². The van der Waals surface area contributed by atoms with Crippen LogP contribution in [-0.4, -0.2) is 62.8 Å². The van der Waals surface area contributed by atoms with Gasteiger partial charge in [0, 0.05) is 39.3 Å². The number of carbonyl (C=O) groups is 1. The molecule has 1 amide bonds. The number of carbonyl (C=O) groups excluding carboxylic acids is 1. The molecule has 0 spiro atoms. The van der Waals surface area contributed by atoms with Crippen LogP contribution < -0.4 is 10.6 Å². The third-order valence-electron chi connectivity index (χ3n) is 3.00. The molecule has 1 fully saturated rings. The van der Waals surface area contributed by atoms with Gasteiger partial charge in [0.25, 0.3) is 0 Å². The molecule has 1 aliphatic heterocycles. The van der Waals surface area contributed by atoms with Gasteiger partial charge >= 0.3 is 0 Å². The second-order valence-electron chi connectivity index (χ2n) is 4.47. The summed E-state index contributed by atoms with van der Waals surface area (Å²) >= 11 is 0. The molecule has 0 aliphatic carbocycles. The third-order valence-corrected chi connectivity index (χ3v) is 3.00. The summed E-state index contributed by atoms with van der Waals surface area (Å²) in [5, 5.41) is 6.21. The van der Waals surface area contributed by atoms with Gasteiger partial charge in [-0.1, -0.05) is 6.08 Å². The Hall–Kier alpha value is -0.620. The fourth-order valence-corrected chi connectivity index (χ4v) is 1.82. The Labute approximate surface area is 122 Å². The lowest BCUT2D eigenvalue weighted by molar-refractivity contribution is -0.131. The molecule has 1 unspecified atom stereocenters. The predicted molar refractivity (Wildman–Crippen MR) is 79.8 cm³/mol. The Morgan fingerprint density at radius 1 is 1.53 bits per heavy atom. The fraction of sp³-hybridized carbons (Fsp3) is 0.769. The van der Waals surface area contributed by atoms with Gasteiger partial charge in [0.1, 0.15) is 6.10 Å². The highest BCUT2D eigenvalue weighted by Gasteiger charge is 2.13. The summed E-state index contributed by atoms with van der Waals surface area (Å²) < 4.78 is 5.38. The minimum Gasteiger partial charge on any atom is -0.368 e. The van der Waals surface area contributed by atoms with Crippen molar-refractivity contribution in [3.8, 4) is 0 Å². The van der Waals surface area contributed by atoms with Gasteiger partial charge in [0.15, 0.2) is 0 Å². The quantitative estimate of drug-likeness (QED) is 0.502. The molecule has 2 N–H and O–H groups in total. The number of amides is 1. The van der Waals surface area contributed by atoms with Crippen molar-refractivity contribution in [2.45, 2.75) is 19.4 Å². The monoisotopic (exact) mass is 291 g/mol. The molecule has 0 aromatic heterocycles. The molecule has 19 heavy (non-hydrogen) atoms. The van der Waals surface area contributed by atoms with Crippen LogP contribution in [0.3, 0.4) is 0 Å². The number of nitrogens with one attached hydrogen (secondary N) is 2. The Balaban J connectivity index is 0.00000324. The van der Waals surface area contributed by atoms with Crippen molar-refractivity contribution in [3.05, 3.63) is 12.7 Å². The number of hydrogen-bond donors (Lipinski definition) is 2. The second kappa shape index (κ2) is 11.2. The van der Waals surface area contributed by atoms with E-state index in [2.05, 4.69) is 22.1 Å². The van der Waals surface area contributed by atoms with E-state index in [-0.39, 0.29) is 24.4 Å². The van der Waals surface area contributed by atoms with E-state index in [0.29, 0.717) is 13.2 Å². The van der Waals surface area contributed by atoms with Crippen LogP contribution in [0.1, 0.15) is 13.3 Å². The van der Waals surface area contributed by atoms with Crippen molar-refractivity contribution in [2.24, 2.45) is 0 Å². The van der Waals surface area contributed by atoms with E-state index >= 15 is 0 Å². The highest BCUT2D eigenvalue weighted by atomic mass is 35.5. The summed E-state index contributed by atoms with van der Waals surface area (Å²) in [4.78, 5) is 14.0. The molecule has 112 valence electrons. The number of hydrogen-bond acceptors (Lipinski definition) is 4. The zero-order valence-corrected chi connectivity index (χ0v) is 12.5. The predicted octanol–water partition coefficient (Wildman–Crippen LogP) is 0.411. The zero-order chi connectivity index (χ0) is 13.2. The van der Waals surface area contributed by atoms with Gasteiger partial charge in [-0.25, -0.2) is 0 Å². The first-order chi connectivity index (χ1) is 8.74. The maximum atomic E-state index is 11.7. The van der Waals surface area contributed by atoms with Gasteiger partial charge in [-0.3, -0.25) is 9.69 Å². The topological polar surface area (TPSA) is 53.6 Å². The Morgan fingerprint density at radius 3 is 2.84 bits per heavy atom.